The maximum atomic E-state index is 5.92. The van der Waals surface area contributed by atoms with E-state index in [1.54, 1.807) is 23.0 Å². The van der Waals surface area contributed by atoms with Crippen LogP contribution >= 0.6 is 11.6 Å². The molecule has 0 aliphatic heterocycles. The van der Waals surface area contributed by atoms with Gasteiger partial charge >= 0.3 is 0 Å². The van der Waals surface area contributed by atoms with Crippen molar-refractivity contribution in [1.29, 1.82) is 0 Å². The summed E-state index contributed by atoms with van der Waals surface area (Å²) >= 11 is 5.92. The molecule has 2 aromatic heterocycles. The van der Waals surface area contributed by atoms with E-state index < -0.39 is 0 Å². The number of nitrogens with zero attached hydrogens (tertiary/aromatic N) is 3. The van der Waals surface area contributed by atoms with E-state index in [9.17, 15) is 0 Å². The fourth-order valence-corrected chi connectivity index (χ4v) is 1.78. The Kier molecular flexibility index (Phi) is 2.09. The Morgan fingerprint density at radius 3 is 2.94 bits per heavy atom. The van der Waals surface area contributed by atoms with Crippen molar-refractivity contribution in [3.63, 3.8) is 0 Å². The first kappa shape index (κ1) is 10.2. The first-order chi connectivity index (χ1) is 8.13. The summed E-state index contributed by atoms with van der Waals surface area (Å²) in [7, 11) is 1.83. The van der Waals surface area contributed by atoms with Crippen molar-refractivity contribution in [1.82, 2.24) is 14.8 Å². The van der Waals surface area contributed by atoms with Gasteiger partial charge in [-0.15, -0.1) is 0 Å². The smallest absolute Gasteiger partial charge is 0.230 e. The zero-order valence-corrected chi connectivity index (χ0v) is 9.77. The van der Waals surface area contributed by atoms with Gasteiger partial charge in [0.1, 0.15) is 5.52 Å². The first-order valence-corrected chi connectivity index (χ1v) is 5.36. The van der Waals surface area contributed by atoms with Crippen molar-refractivity contribution in [3.8, 4) is 11.5 Å². The third-order valence-electron chi connectivity index (χ3n) is 2.46. The number of hydrogen-bond donors (Lipinski definition) is 1. The van der Waals surface area contributed by atoms with Crippen molar-refractivity contribution in [2.75, 3.05) is 5.73 Å². The molecule has 0 radical (unpaired) electrons. The lowest BCUT2D eigenvalue weighted by Gasteiger charge is -1.94. The Morgan fingerprint density at radius 2 is 2.24 bits per heavy atom. The lowest BCUT2D eigenvalue weighted by molar-refractivity contribution is 0.620. The molecular formula is C11H9ClN4O. The Morgan fingerprint density at radius 1 is 1.41 bits per heavy atom. The average Bonchev–Trinajstić information content (AvgIpc) is 2.85. The number of benzene rings is 1. The molecule has 1 aromatic carbocycles. The van der Waals surface area contributed by atoms with Gasteiger partial charge in [-0.25, -0.2) is 4.98 Å². The molecule has 0 saturated heterocycles. The van der Waals surface area contributed by atoms with Gasteiger partial charge in [0.05, 0.1) is 22.5 Å². The number of fused-ring (bicyclic) bond motifs is 1. The number of anilines is 1. The topological polar surface area (TPSA) is 69.9 Å². The quantitative estimate of drug-likeness (QED) is 0.672. The highest BCUT2D eigenvalue weighted by Gasteiger charge is 2.11. The fraction of sp³-hybridized carbons (Fsp3) is 0.0909. The van der Waals surface area contributed by atoms with Crippen molar-refractivity contribution in [3.05, 3.63) is 29.5 Å². The largest absolute Gasteiger partial charge is 0.436 e. The van der Waals surface area contributed by atoms with E-state index in [2.05, 4.69) is 10.1 Å². The standard InChI is InChI=1S/C11H9ClN4O/c1-16-5-6(4-14-16)11-15-9-2-7(12)8(13)3-10(9)17-11/h2-5H,13H2,1H3. The predicted molar refractivity (Wildman–Crippen MR) is 65.6 cm³/mol. The van der Waals surface area contributed by atoms with Crippen molar-refractivity contribution < 1.29 is 4.42 Å². The predicted octanol–water partition coefficient (Wildman–Crippen LogP) is 2.46. The molecule has 5 nitrogen and oxygen atoms in total. The number of nitrogen functional groups attached to an aromatic ring is 1. The van der Waals surface area contributed by atoms with Gasteiger partial charge in [0, 0.05) is 19.3 Å². The van der Waals surface area contributed by atoms with Crippen LogP contribution in [0.15, 0.2) is 28.9 Å². The summed E-state index contributed by atoms with van der Waals surface area (Å²) in [6, 6.07) is 3.36. The number of rotatable bonds is 1. The lowest BCUT2D eigenvalue weighted by Crippen LogP contribution is -1.84. The maximum absolute atomic E-state index is 5.92. The maximum Gasteiger partial charge on any atom is 0.230 e. The van der Waals surface area contributed by atoms with E-state index >= 15 is 0 Å². The molecule has 0 aliphatic rings. The summed E-state index contributed by atoms with van der Waals surface area (Å²) in [4.78, 5) is 4.34. The third kappa shape index (κ3) is 1.64. The van der Waals surface area contributed by atoms with E-state index in [-0.39, 0.29) is 0 Å². The Balaban J connectivity index is 2.19. The van der Waals surface area contributed by atoms with Crippen LogP contribution < -0.4 is 5.73 Å². The van der Waals surface area contributed by atoms with Gasteiger partial charge in [0.2, 0.25) is 5.89 Å². The van der Waals surface area contributed by atoms with Crippen molar-refractivity contribution >= 4 is 28.4 Å². The minimum atomic E-state index is 0.475. The summed E-state index contributed by atoms with van der Waals surface area (Å²) < 4.78 is 7.29. The van der Waals surface area contributed by atoms with Crippen LogP contribution in [0.1, 0.15) is 0 Å². The summed E-state index contributed by atoms with van der Waals surface area (Å²) in [6.07, 6.45) is 3.52. The molecule has 0 amide bonds. The summed E-state index contributed by atoms with van der Waals surface area (Å²) in [5.41, 5.74) is 8.30. The van der Waals surface area contributed by atoms with E-state index in [1.807, 2.05) is 13.2 Å². The van der Waals surface area contributed by atoms with Crippen molar-refractivity contribution in [2.45, 2.75) is 0 Å². The lowest BCUT2D eigenvalue weighted by atomic mass is 10.3. The minimum Gasteiger partial charge on any atom is -0.436 e. The van der Waals surface area contributed by atoms with Gasteiger partial charge in [-0.2, -0.15) is 5.10 Å². The molecule has 0 saturated carbocycles. The van der Waals surface area contributed by atoms with Gasteiger partial charge in [-0.1, -0.05) is 11.6 Å². The highest BCUT2D eigenvalue weighted by molar-refractivity contribution is 6.33. The SMILES string of the molecule is Cn1cc(-c2nc3cc(Cl)c(N)cc3o2)cn1. The summed E-state index contributed by atoms with van der Waals surface area (Å²) in [6.45, 7) is 0. The van der Waals surface area contributed by atoms with Crippen LogP contribution in [0.3, 0.4) is 0 Å². The third-order valence-corrected chi connectivity index (χ3v) is 2.79. The molecule has 17 heavy (non-hydrogen) atoms. The molecule has 0 fully saturated rings. The molecule has 0 atom stereocenters. The fourth-order valence-electron chi connectivity index (χ4n) is 1.62. The van der Waals surface area contributed by atoms with E-state index in [0.717, 1.165) is 5.56 Å². The Labute approximate surface area is 102 Å². The number of aromatic nitrogens is 3. The van der Waals surface area contributed by atoms with E-state index in [1.165, 1.54) is 0 Å². The van der Waals surface area contributed by atoms with Crippen molar-refractivity contribution in [2.24, 2.45) is 7.05 Å². The van der Waals surface area contributed by atoms with E-state index in [0.29, 0.717) is 27.7 Å². The zero-order chi connectivity index (χ0) is 12.0. The number of oxazole rings is 1. The van der Waals surface area contributed by atoms with Crippen LogP contribution in [0.2, 0.25) is 5.02 Å². The highest BCUT2D eigenvalue weighted by atomic mass is 35.5. The molecule has 86 valence electrons. The minimum absolute atomic E-state index is 0.475. The summed E-state index contributed by atoms with van der Waals surface area (Å²) in [5.74, 6) is 0.509. The molecule has 0 aliphatic carbocycles. The second-order valence-corrected chi connectivity index (χ2v) is 4.17. The molecule has 0 bridgehead atoms. The first-order valence-electron chi connectivity index (χ1n) is 4.98. The molecule has 2 heterocycles. The Bertz CT molecular complexity index is 662. The molecule has 0 spiro atoms. The molecule has 3 rings (SSSR count). The highest BCUT2D eigenvalue weighted by Crippen LogP contribution is 2.29. The number of halogens is 1. The molecule has 2 N–H and O–H groups in total. The summed E-state index contributed by atoms with van der Waals surface area (Å²) in [5, 5.41) is 4.54. The average molecular weight is 249 g/mol. The van der Waals surface area contributed by atoms with Gasteiger partial charge in [-0.05, 0) is 6.07 Å². The monoisotopic (exact) mass is 248 g/mol. The van der Waals surface area contributed by atoms with Gasteiger partial charge < -0.3 is 10.2 Å². The second-order valence-electron chi connectivity index (χ2n) is 3.76. The number of aryl methyl sites for hydroxylation is 1. The van der Waals surface area contributed by atoms with Gasteiger partial charge in [-0.3, -0.25) is 4.68 Å². The van der Waals surface area contributed by atoms with Crippen LogP contribution in [-0.4, -0.2) is 14.8 Å². The van der Waals surface area contributed by atoms with Crippen LogP contribution in [0, 0.1) is 0 Å². The van der Waals surface area contributed by atoms with E-state index in [4.69, 9.17) is 21.8 Å². The van der Waals surface area contributed by atoms with Crippen LogP contribution in [0.5, 0.6) is 0 Å². The van der Waals surface area contributed by atoms with Crippen LogP contribution in [0.25, 0.3) is 22.6 Å². The normalized spacial score (nSPS) is 11.2. The van der Waals surface area contributed by atoms with Gasteiger partial charge in [0.15, 0.2) is 5.58 Å². The molecular weight excluding hydrogens is 240 g/mol. The molecule has 6 heteroatoms. The second kappa shape index (κ2) is 3.49. The number of hydrogen-bond acceptors (Lipinski definition) is 4. The molecule has 0 unspecified atom stereocenters. The van der Waals surface area contributed by atoms with Crippen LogP contribution in [-0.2, 0) is 7.05 Å². The Hall–Kier alpha value is -2.01. The number of nitrogens with two attached hydrogens (primary N) is 1. The zero-order valence-electron chi connectivity index (χ0n) is 9.01. The molecule has 3 aromatic rings. The van der Waals surface area contributed by atoms with Crippen LogP contribution in [0.4, 0.5) is 5.69 Å². The van der Waals surface area contributed by atoms with Gasteiger partial charge in [0.25, 0.3) is 0 Å².